The maximum absolute atomic E-state index is 13.0. The monoisotopic (exact) mass is 382 g/mol. The minimum Gasteiger partial charge on any atom is -0.496 e. The molecule has 0 aliphatic carbocycles. The molecule has 1 saturated heterocycles. The zero-order valence-corrected chi connectivity index (χ0v) is 16.4. The van der Waals surface area contributed by atoms with Gasteiger partial charge in [-0.2, -0.15) is 0 Å². The Hall–Kier alpha value is -2.60. The number of hydrogen-bond acceptors (Lipinski definition) is 4. The number of aromatic amines is 1. The van der Waals surface area contributed by atoms with Gasteiger partial charge in [-0.25, -0.2) is 0 Å². The molecular weight excluding hydrogens is 360 g/mol. The van der Waals surface area contributed by atoms with Gasteiger partial charge in [-0.3, -0.25) is 4.79 Å². The Kier molecular flexibility index (Phi) is 4.74. The first-order chi connectivity index (χ1) is 13.1. The first-order valence-corrected chi connectivity index (χ1v) is 9.80. The van der Waals surface area contributed by atoms with E-state index >= 15 is 0 Å². The highest BCUT2D eigenvalue weighted by molar-refractivity contribution is 8.01. The molecule has 2 unspecified atom stereocenters. The predicted octanol–water partition coefficient (Wildman–Crippen LogP) is 4.35. The van der Waals surface area contributed by atoms with Crippen LogP contribution in [0.4, 0.5) is 0 Å². The van der Waals surface area contributed by atoms with Gasteiger partial charge in [0.15, 0.2) is 0 Å². The van der Waals surface area contributed by atoms with Gasteiger partial charge in [0.1, 0.15) is 16.9 Å². The predicted molar refractivity (Wildman–Crippen MR) is 108 cm³/mol. The van der Waals surface area contributed by atoms with Gasteiger partial charge in [-0.1, -0.05) is 24.3 Å². The summed E-state index contributed by atoms with van der Waals surface area (Å²) in [5, 5.41) is 0.864. The minimum absolute atomic E-state index is 0.116. The smallest absolute Gasteiger partial charge is 0.236 e. The van der Waals surface area contributed by atoms with E-state index in [2.05, 4.69) is 11.1 Å². The fraction of sp³-hybridized carbons (Fsp3) is 0.286. The van der Waals surface area contributed by atoms with Crippen LogP contribution in [0.1, 0.15) is 23.4 Å². The molecule has 140 valence electrons. The largest absolute Gasteiger partial charge is 0.496 e. The van der Waals surface area contributed by atoms with Crippen molar-refractivity contribution in [2.45, 2.75) is 24.1 Å². The molecule has 3 aromatic rings. The third-order valence-corrected chi connectivity index (χ3v) is 6.33. The van der Waals surface area contributed by atoms with Crippen molar-refractivity contribution < 1.29 is 14.3 Å². The number of ether oxygens (including phenoxy) is 2. The SMILES string of the molecule is COc1cccc(OC)c1C1SC(C)C(=O)N1Cc1c[nH]c2ccccc12. The number of amides is 1. The maximum atomic E-state index is 13.0. The molecule has 1 N–H and O–H groups in total. The van der Waals surface area contributed by atoms with E-state index in [0.29, 0.717) is 6.54 Å². The molecule has 0 saturated carbocycles. The molecule has 2 atom stereocenters. The number of carbonyl (C=O) groups excluding carboxylic acids is 1. The van der Waals surface area contributed by atoms with Crippen molar-refractivity contribution in [1.29, 1.82) is 0 Å². The van der Waals surface area contributed by atoms with Crippen molar-refractivity contribution in [2.24, 2.45) is 0 Å². The summed E-state index contributed by atoms with van der Waals surface area (Å²) < 4.78 is 11.2. The zero-order chi connectivity index (χ0) is 19.0. The summed E-state index contributed by atoms with van der Waals surface area (Å²) in [6.07, 6.45) is 1.99. The van der Waals surface area contributed by atoms with E-state index in [1.54, 1.807) is 26.0 Å². The van der Waals surface area contributed by atoms with Crippen molar-refractivity contribution in [3.8, 4) is 11.5 Å². The summed E-state index contributed by atoms with van der Waals surface area (Å²) in [6, 6.07) is 13.9. The molecule has 0 radical (unpaired) electrons. The second-order valence-corrected chi connectivity index (χ2v) is 7.96. The van der Waals surface area contributed by atoms with Gasteiger partial charge in [0, 0.05) is 23.6 Å². The van der Waals surface area contributed by atoms with Crippen LogP contribution in [0.5, 0.6) is 11.5 Å². The third kappa shape index (κ3) is 3.04. The van der Waals surface area contributed by atoms with E-state index in [-0.39, 0.29) is 16.5 Å². The Morgan fingerprint density at radius 1 is 1.07 bits per heavy atom. The van der Waals surface area contributed by atoms with Crippen LogP contribution in [0.3, 0.4) is 0 Å². The second-order valence-electron chi connectivity index (χ2n) is 6.53. The van der Waals surface area contributed by atoms with Gasteiger partial charge >= 0.3 is 0 Å². The van der Waals surface area contributed by atoms with Crippen LogP contribution in [0.25, 0.3) is 10.9 Å². The van der Waals surface area contributed by atoms with E-state index < -0.39 is 0 Å². The summed E-state index contributed by atoms with van der Waals surface area (Å²) in [5.74, 6) is 1.60. The molecule has 1 aliphatic rings. The third-order valence-electron chi connectivity index (χ3n) is 4.98. The number of aromatic nitrogens is 1. The average Bonchev–Trinajstić information content (AvgIpc) is 3.23. The summed E-state index contributed by atoms with van der Waals surface area (Å²) in [6.45, 7) is 2.49. The van der Waals surface area contributed by atoms with Crippen molar-refractivity contribution in [3.05, 3.63) is 59.8 Å². The highest BCUT2D eigenvalue weighted by Gasteiger charge is 2.41. The van der Waals surface area contributed by atoms with Crippen molar-refractivity contribution in [3.63, 3.8) is 0 Å². The fourth-order valence-corrected chi connectivity index (χ4v) is 4.96. The van der Waals surface area contributed by atoms with Gasteiger partial charge in [-0.05, 0) is 30.7 Å². The van der Waals surface area contributed by atoms with Gasteiger partial charge in [0.2, 0.25) is 5.91 Å². The molecule has 1 fully saturated rings. The van der Waals surface area contributed by atoms with E-state index in [4.69, 9.17) is 9.47 Å². The first kappa shape index (κ1) is 17.8. The van der Waals surface area contributed by atoms with Crippen LogP contribution in [0.15, 0.2) is 48.7 Å². The molecule has 1 aromatic heterocycles. The highest BCUT2D eigenvalue weighted by atomic mass is 32.2. The van der Waals surface area contributed by atoms with Gasteiger partial charge in [-0.15, -0.1) is 11.8 Å². The van der Waals surface area contributed by atoms with Crippen LogP contribution in [0.2, 0.25) is 0 Å². The molecule has 0 bridgehead atoms. The number of nitrogens with one attached hydrogen (secondary N) is 1. The number of thioether (sulfide) groups is 1. The Morgan fingerprint density at radius 2 is 1.78 bits per heavy atom. The Morgan fingerprint density at radius 3 is 2.48 bits per heavy atom. The number of fused-ring (bicyclic) bond motifs is 1. The van der Waals surface area contributed by atoms with Crippen LogP contribution < -0.4 is 9.47 Å². The topological polar surface area (TPSA) is 54.6 Å². The van der Waals surface area contributed by atoms with Gasteiger partial charge in [0.25, 0.3) is 0 Å². The van der Waals surface area contributed by atoms with E-state index in [1.165, 1.54) is 0 Å². The van der Waals surface area contributed by atoms with Crippen molar-refractivity contribution >= 4 is 28.6 Å². The number of para-hydroxylation sites is 1. The molecule has 0 spiro atoms. The first-order valence-electron chi connectivity index (χ1n) is 8.86. The summed E-state index contributed by atoms with van der Waals surface area (Å²) in [7, 11) is 3.29. The Labute approximate surface area is 162 Å². The molecule has 6 heteroatoms. The molecule has 2 aromatic carbocycles. The lowest BCUT2D eigenvalue weighted by atomic mass is 10.1. The molecule has 4 rings (SSSR count). The molecule has 1 aliphatic heterocycles. The molecule has 1 amide bonds. The highest BCUT2D eigenvalue weighted by Crippen LogP contribution is 2.50. The lowest BCUT2D eigenvalue weighted by Gasteiger charge is -2.26. The van der Waals surface area contributed by atoms with Crippen molar-refractivity contribution in [1.82, 2.24) is 9.88 Å². The number of rotatable bonds is 5. The quantitative estimate of drug-likeness (QED) is 0.713. The number of carbonyl (C=O) groups is 1. The minimum atomic E-state index is -0.160. The van der Waals surface area contributed by atoms with Crippen LogP contribution in [0, 0.1) is 0 Å². The average molecular weight is 382 g/mol. The number of hydrogen-bond donors (Lipinski definition) is 1. The van der Waals surface area contributed by atoms with Crippen LogP contribution in [-0.4, -0.2) is 35.3 Å². The maximum Gasteiger partial charge on any atom is 0.236 e. The number of H-pyrrole nitrogens is 1. The molecule has 2 heterocycles. The lowest BCUT2D eigenvalue weighted by Crippen LogP contribution is -2.30. The normalized spacial score (nSPS) is 19.7. The summed E-state index contributed by atoms with van der Waals surface area (Å²) in [4.78, 5) is 18.2. The number of benzene rings is 2. The Balaban J connectivity index is 1.76. The van der Waals surface area contributed by atoms with Gasteiger partial charge < -0.3 is 19.4 Å². The van der Waals surface area contributed by atoms with Crippen molar-refractivity contribution in [2.75, 3.05) is 14.2 Å². The van der Waals surface area contributed by atoms with Crippen LogP contribution in [-0.2, 0) is 11.3 Å². The Bertz CT molecular complexity index is 962. The van der Waals surface area contributed by atoms with Gasteiger partial charge in [0.05, 0.1) is 25.0 Å². The standard InChI is InChI=1S/C21H22N2O3S/c1-13-20(24)23(12-14-11-22-16-8-5-4-7-15(14)16)21(27-13)19-17(25-2)9-6-10-18(19)26-3/h4-11,13,21-22H,12H2,1-3H3. The zero-order valence-electron chi connectivity index (χ0n) is 15.6. The molecule has 5 nitrogen and oxygen atoms in total. The van der Waals surface area contributed by atoms with E-state index in [1.807, 2.05) is 54.4 Å². The van der Waals surface area contributed by atoms with E-state index in [9.17, 15) is 4.79 Å². The number of methoxy groups -OCH3 is 2. The number of nitrogens with zero attached hydrogens (tertiary/aromatic N) is 1. The summed E-state index contributed by atoms with van der Waals surface area (Å²) in [5.41, 5.74) is 3.09. The fourth-order valence-electron chi connectivity index (χ4n) is 3.63. The molecule has 27 heavy (non-hydrogen) atoms. The summed E-state index contributed by atoms with van der Waals surface area (Å²) >= 11 is 1.63. The van der Waals surface area contributed by atoms with E-state index in [0.717, 1.165) is 33.5 Å². The molecular formula is C21H22N2O3S. The van der Waals surface area contributed by atoms with Crippen LogP contribution >= 0.6 is 11.8 Å². The second kappa shape index (κ2) is 7.19. The lowest BCUT2D eigenvalue weighted by molar-refractivity contribution is -0.130.